The fourth-order valence-corrected chi connectivity index (χ4v) is 3.95. The third-order valence-corrected chi connectivity index (χ3v) is 5.33. The maximum absolute atomic E-state index is 13.6. The normalized spacial score (nSPS) is 17.1. The van der Waals surface area contributed by atoms with Crippen molar-refractivity contribution in [1.29, 1.82) is 0 Å². The molecule has 0 bridgehead atoms. The highest BCUT2D eigenvalue weighted by Gasteiger charge is 2.38. The molecular weight excluding hydrogens is 373 g/mol. The van der Waals surface area contributed by atoms with E-state index in [2.05, 4.69) is 5.10 Å². The van der Waals surface area contributed by atoms with Gasteiger partial charge in [0.2, 0.25) is 5.43 Å². The monoisotopic (exact) mass is 393 g/mol. The number of halogens is 1. The molecule has 1 aliphatic heterocycles. The fraction of sp³-hybridized carbons (Fsp3) is 0.227. The molecule has 0 aliphatic carbocycles. The average Bonchev–Trinajstić information content (AvgIpc) is 2.69. The molecule has 1 amide bonds. The Labute approximate surface area is 166 Å². The topological polar surface area (TPSA) is 75.4 Å². The standard InChI is InChI=1S/C22H20FN3O3/c1-13-4-3-5-15(10-13)19(14-6-8-16(23)9-7-14)17-12-25(2)22(29)20-21(28)18(27)11-24-26(17)20/h3-11,17,19,28H,12H2,1-2H3. The maximum Gasteiger partial charge on any atom is 0.275 e. The second-order valence-corrected chi connectivity index (χ2v) is 7.35. The smallest absolute Gasteiger partial charge is 0.275 e. The summed E-state index contributed by atoms with van der Waals surface area (Å²) in [5.41, 5.74) is 2.04. The Morgan fingerprint density at radius 3 is 2.55 bits per heavy atom. The molecule has 7 heteroatoms. The number of hydrogen-bond donors (Lipinski definition) is 1. The number of carbonyl (C=O) groups excluding carboxylic acids is 1. The molecule has 2 atom stereocenters. The van der Waals surface area contributed by atoms with Gasteiger partial charge in [0.15, 0.2) is 11.4 Å². The van der Waals surface area contributed by atoms with Crippen LogP contribution in [0.4, 0.5) is 4.39 Å². The van der Waals surface area contributed by atoms with Crippen LogP contribution in [0.25, 0.3) is 0 Å². The first-order valence-corrected chi connectivity index (χ1v) is 9.25. The highest BCUT2D eigenvalue weighted by molar-refractivity contribution is 5.95. The zero-order valence-electron chi connectivity index (χ0n) is 16.0. The third kappa shape index (κ3) is 3.29. The Morgan fingerprint density at radius 1 is 1.14 bits per heavy atom. The SMILES string of the molecule is Cc1cccc(C(c2ccc(F)cc2)C2CN(C)C(=O)c3c(O)c(=O)cnn32)c1. The van der Waals surface area contributed by atoms with Gasteiger partial charge in [0, 0.05) is 19.5 Å². The molecule has 1 N–H and O–H groups in total. The van der Waals surface area contributed by atoms with Crippen molar-refractivity contribution in [2.75, 3.05) is 13.6 Å². The van der Waals surface area contributed by atoms with E-state index in [9.17, 15) is 19.1 Å². The first kappa shape index (κ1) is 18.9. The van der Waals surface area contributed by atoms with Crippen LogP contribution >= 0.6 is 0 Å². The van der Waals surface area contributed by atoms with E-state index in [4.69, 9.17) is 0 Å². The van der Waals surface area contributed by atoms with Gasteiger partial charge in [0.25, 0.3) is 5.91 Å². The number of likely N-dealkylation sites (N-methyl/N-ethyl adjacent to an activating group) is 1. The van der Waals surface area contributed by atoms with Crippen molar-refractivity contribution >= 4 is 5.91 Å². The van der Waals surface area contributed by atoms with Gasteiger partial charge in [-0.05, 0) is 30.2 Å². The number of rotatable bonds is 3. The van der Waals surface area contributed by atoms with E-state index >= 15 is 0 Å². The number of hydrogen-bond acceptors (Lipinski definition) is 4. The van der Waals surface area contributed by atoms with Crippen LogP contribution in [0.2, 0.25) is 0 Å². The van der Waals surface area contributed by atoms with E-state index in [-0.39, 0.29) is 17.4 Å². The summed E-state index contributed by atoms with van der Waals surface area (Å²) in [6.45, 7) is 2.30. The summed E-state index contributed by atoms with van der Waals surface area (Å²) < 4.78 is 15.0. The molecule has 0 saturated carbocycles. The Balaban J connectivity index is 1.95. The number of amides is 1. The number of aryl methyl sites for hydroxylation is 1. The summed E-state index contributed by atoms with van der Waals surface area (Å²) >= 11 is 0. The van der Waals surface area contributed by atoms with Crippen molar-refractivity contribution in [2.45, 2.75) is 18.9 Å². The van der Waals surface area contributed by atoms with Crippen LogP contribution in [0.3, 0.4) is 0 Å². The lowest BCUT2D eigenvalue weighted by Crippen LogP contribution is -2.45. The predicted octanol–water partition coefficient (Wildman–Crippen LogP) is 2.86. The molecule has 3 aromatic rings. The van der Waals surface area contributed by atoms with Crippen molar-refractivity contribution in [3.05, 3.63) is 93.2 Å². The molecule has 0 saturated heterocycles. The fourth-order valence-electron chi connectivity index (χ4n) is 3.95. The number of benzene rings is 2. The minimum Gasteiger partial charge on any atom is -0.502 e. The molecule has 4 rings (SSSR count). The number of nitrogens with zero attached hydrogens (tertiary/aromatic N) is 3. The lowest BCUT2D eigenvalue weighted by atomic mass is 9.83. The first-order chi connectivity index (χ1) is 13.9. The van der Waals surface area contributed by atoms with Crippen molar-refractivity contribution < 1.29 is 14.3 Å². The van der Waals surface area contributed by atoms with Crippen molar-refractivity contribution in [3.63, 3.8) is 0 Å². The Hall–Kier alpha value is -3.48. The van der Waals surface area contributed by atoms with Gasteiger partial charge >= 0.3 is 0 Å². The van der Waals surface area contributed by atoms with Crippen molar-refractivity contribution in [3.8, 4) is 5.75 Å². The zero-order valence-corrected chi connectivity index (χ0v) is 16.0. The molecular formula is C22H20FN3O3. The Morgan fingerprint density at radius 2 is 1.86 bits per heavy atom. The summed E-state index contributed by atoms with van der Waals surface area (Å²) in [7, 11) is 1.62. The molecule has 2 heterocycles. The van der Waals surface area contributed by atoms with Gasteiger partial charge in [-0.3, -0.25) is 14.3 Å². The van der Waals surface area contributed by atoms with Gasteiger partial charge in [-0.1, -0.05) is 42.0 Å². The molecule has 0 spiro atoms. The van der Waals surface area contributed by atoms with E-state index < -0.39 is 23.1 Å². The van der Waals surface area contributed by atoms with Gasteiger partial charge in [-0.2, -0.15) is 5.10 Å². The molecule has 1 aromatic heterocycles. The number of fused-ring (bicyclic) bond motifs is 1. The average molecular weight is 393 g/mol. The summed E-state index contributed by atoms with van der Waals surface area (Å²) in [6.07, 6.45) is 1.02. The quantitative estimate of drug-likeness (QED) is 0.743. The van der Waals surface area contributed by atoms with E-state index in [1.807, 2.05) is 31.2 Å². The molecule has 2 unspecified atom stereocenters. The van der Waals surface area contributed by atoms with Gasteiger partial charge in [0.1, 0.15) is 5.82 Å². The summed E-state index contributed by atoms with van der Waals surface area (Å²) in [4.78, 5) is 26.0. The van der Waals surface area contributed by atoms with Gasteiger partial charge in [-0.15, -0.1) is 0 Å². The molecule has 2 aromatic carbocycles. The van der Waals surface area contributed by atoms with Crippen molar-refractivity contribution in [1.82, 2.24) is 14.7 Å². The van der Waals surface area contributed by atoms with Crippen LogP contribution in [0.5, 0.6) is 5.75 Å². The van der Waals surface area contributed by atoms with Crippen LogP contribution < -0.4 is 5.43 Å². The summed E-state index contributed by atoms with van der Waals surface area (Å²) in [6, 6.07) is 13.7. The Bertz CT molecular complexity index is 1140. The Kier molecular flexibility index (Phi) is 4.66. The minimum absolute atomic E-state index is 0.129. The number of carbonyl (C=O) groups is 1. The summed E-state index contributed by atoms with van der Waals surface area (Å²) in [5.74, 6) is -1.69. The van der Waals surface area contributed by atoms with Crippen LogP contribution in [0, 0.1) is 12.7 Å². The zero-order chi connectivity index (χ0) is 20.7. The summed E-state index contributed by atoms with van der Waals surface area (Å²) in [5, 5.41) is 14.5. The van der Waals surface area contributed by atoms with Gasteiger partial charge < -0.3 is 10.0 Å². The number of aromatic hydroxyl groups is 1. The van der Waals surface area contributed by atoms with Gasteiger partial charge in [0.05, 0.1) is 12.2 Å². The highest BCUT2D eigenvalue weighted by atomic mass is 19.1. The molecule has 6 nitrogen and oxygen atoms in total. The van der Waals surface area contributed by atoms with Crippen LogP contribution in [-0.4, -0.2) is 39.3 Å². The number of aromatic nitrogens is 2. The third-order valence-electron chi connectivity index (χ3n) is 5.33. The van der Waals surface area contributed by atoms with E-state index in [0.29, 0.717) is 6.54 Å². The second-order valence-electron chi connectivity index (χ2n) is 7.35. The highest BCUT2D eigenvalue weighted by Crippen LogP contribution is 2.39. The molecule has 0 radical (unpaired) electrons. The predicted molar refractivity (Wildman–Crippen MR) is 106 cm³/mol. The van der Waals surface area contributed by atoms with Crippen LogP contribution in [0.15, 0.2) is 59.5 Å². The van der Waals surface area contributed by atoms with Crippen LogP contribution in [0.1, 0.15) is 39.1 Å². The molecule has 1 aliphatic rings. The maximum atomic E-state index is 13.6. The van der Waals surface area contributed by atoms with Crippen molar-refractivity contribution in [2.24, 2.45) is 0 Å². The molecule has 148 valence electrons. The van der Waals surface area contributed by atoms with E-state index in [0.717, 1.165) is 22.9 Å². The van der Waals surface area contributed by atoms with Gasteiger partial charge in [-0.25, -0.2) is 4.39 Å². The van der Waals surface area contributed by atoms with E-state index in [1.165, 1.54) is 21.7 Å². The largest absolute Gasteiger partial charge is 0.502 e. The molecule has 29 heavy (non-hydrogen) atoms. The molecule has 0 fully saturated rings. The second kappa shape index (κ2) is 7.16. The van der Waals surface area contributed by atoms with E-state index in [1.54, 1.807) is 19.2 Å². The lowest BCUT2D eigenvalue weighted by molar-refractivity contribution is 0.0686. The first-order valence-electron chi connectivity index (χ1n) is 9.25. The van der Waals surface area contributed by atoms with Crippen LogP contribution in [-0.2, 0) is 0 Å². The minimum atomic E-state index is -0.701. The lowest BCUT2D eigenvalue weighted by Gasteiger charge is -2.37.